The molecule has 0 heterocycles. The molecule has 0 saturated carbocycles. The fraction of sp³-hybridized carbons (Fsp3) is 0.444. The zero-order valence-corrected chi connectivity index (χ0v) is 24.4. The van der Waals surface area contributed by atoms with Crippen molar-refractivity contribution >= 4 is 8.07 Å². The third-order valence-corrected chi connectivity index (χ3v) is 14.7. The molecule has 2 aromatic carbocycles. The Hall–Kier alpha value is -2.38. The molecule has 0 fully saturated rings. The molecule has 4 aliphatic carbocycles. The largest absolute Gasteiger partial charge is 0.0713 e. The Morgan fingerprint density at radius 3 is 1.38 bits per heavy atom. The van der Waals surface area contributed by atoms with E-state index in [1.54, 1.807) is 22.3 Å². The van der Waals surface area contributed by atoms with Gasteiger partial charge >= 0.3 is 0 Å². The molecule has 0 amide bonds. The molecule has 4 atom stereocenters. The highest BCUT2D eigenvalue weighted by Crippen LogP contribution is 2.60. The highest BCUT2D eigenvalue weighted by Gasteiger charge is 2.49. The van der Waals surface area contributed by atoms with Crippen molar-refractivity contribution in [1.29, 1.82) is 0 Å². The summed E-state index contributed by atoms with van der Waals surface area (Å²) in [6, 6.07) is 22.8. The van der Waals surface area contributed by atoms with Crippen molar-refractivity contribution in [1.82, 2.24) is 0 Å². The summed E-state index contributed by atoms with van der Waals surface area (Å²) >= 11 is 0. The zero-order chi connectivity index (χ0) is 25.6. The molecular formula is C36H44Si. The Bertz CT molecular complexity index is 1170. The number of hydrogen-bond donors (Lipinski definition) is 0. The third kappa shape index (κ3) is 4.38. The fourth-order valence-electron chi connectivity index (χ4n) is 8.89. The minimum atomic E-state index is -1.74. The quantitative estimate of drug-likeness (QED) is 0.363. The lowest BCUT2D eigenvalue weighted by Gasteiger charge is -2.41. The molecule has 0 saturated heterocycles. The van der Waals surface area contributed by atoms with Gasteiger partial charge in [0, 0.05) is 11.8 Å². The SMILES string of the molecule is CC1=CC2=C(CCCC[C@H]2c2ccccc2)C1[Si](C)(C)C1C(C)=CC2=C1CCCC[C@H]2c1ccccc1. The molecule has 0 aromatic heterocycles. The van der Waals surface area contributed by atoms with Crippen molar-refractivity contribution in [2.75, 3.05) is 0 Å². The van der Waals surface area contributed by atoms with E-state index in [2.05, 4.69) is 99.8 Å². The van der Waals surface area contributed by atoms with Gasteiger partial charge in [-0.25, -0.2) is 0 Å². The van der Waals surface area contributed by atoms with Crippen LogP contribution in [-0.4, -0.2) is 8.07 Å². The summed E-state index contributed by atoms with van der Waals surface area (Å²) < 4.78 is 0. The van der Waals surface area contributed by atoms with Crippen molar-refractivity contribution in [3.05, 3.63) is 117 Å². The average molecular weight is 505 g/mol. The molecule has 0 nitrogen and oxygen atoms in total. The first-order valence-corrected chi connectivity index (χ1v) is 18.0. The monoisotopic (exact) mass is 504 g/mol. The van der Waals surface area contributed by atoms with E-state index in [9.17, 15) is 0 Å². The second-order valence-electron chi connectivity index (χ2n) is 12.8. The van der Waals surface area contributed by atoms with Gasteiger partial charge in [-0.3, -0.25) is 0 Å². The summed E-state index contributed by atoms with van der Waals surface area (Å²) in [6.45, 7) is 10.4. The topological polar surface area (TPSA) is 0 Å². The minimum absolute atomic E-state index is 0.582. The smallest absolute Gasteiger partial charge is 0.0685 e. The average Bonchev–Trinajstić information content (AvgIpc) is 3.23. The molecule has 192 valence electrons. The Balaban J connectivity index is 1.41. The van der Waals surface area contributed by atoms with Crippen molar-refractivity contribution in [3.63, 3.8) is 0 Å². The van der Waals surface area contributed by atoms with Gasteiger partial charge in [0.15, 0.2) is 0 Å². The van der Waals surface area contributed by atoms with Gasteiger partial charge in [0.05, 0.1) is 8.07 Å². The Morgan fingerprint density at radius 1 is 0.568 bits per heavy atom. The Kier molecular flexibility index (Phi) is 6.78. The summed E-state index contributed by atoms with van der Waals surface area (Å²) in [5, 5.41) is 0. The van der Waals surface area contributed by atoms with Crippen LogP contribution < -0.4 is 0 Å². The molecule has 2 aromatic rings. The summed E-state index contributed by atoms with van der Waals surface area (Å²) in [5.74, 6) is 1.16. The molecule has 0 bridgehead atoms. The van der Waals surface area contributed by atoms with E-state index in [4.69, 9.17) is 0 Å². The van der Waals surface area contributed by atoms with E-state index in [-0.39, 0.29) is 0 Å². The number of allylic oxidation sites excluding steroid dienone is 8. The summed E-state index contributed by atoms with van der Waals surface area (Å²) in [4.78, 5) is 0. The van der Waals surface area contributed by atoms with Crippen LogP contribution in [-0.2, 0) is 0 Å². The number of hydrogen-bond acceptors (Lipinski definition) is 0. The highest BCUT2D eigenvalue weighted by molar-refractivity contribution is 6.83. The van der Waals surface area contributed by atoms with Crippen molar-refractivity contribution in [3.8, 4) is 0 Å². The first-order chi connectivity index (χ1) is 18.0. The van der Waals surface area contributed by atoms with Gasteiger partial charge in [0.1, 0.15) is 0 Å². The van der Waals surface area contributed by atoms with E-state index >= 15 is 0 Å². The predicted molar refractivity (Wildman–Crippen MR) is 162 cm³/mol. The van der Waals surface area contributed by atoms with Crippen molar-refractivity contribution in [2.24, 2.45) is 0 Å². The first kappa shape index (κ1) is 24.9. The zero-order valence-electron chi connectivity index (χ0n) is 23.4. The number of rotatable bonds is 4. The summed E-state index contributed by atoms with van der Waals surface area (Å²) in [6.07, 6.45) is 15.9. The van der Waals surface area contributed by atoms with Crippen LogP contribution in [0, 0.1) is 0 Å². The third-order valence-electron chi connectivity index (χ3n) is 10.1. The van der Waals surface area contributed by atoms with Crippen LogP contribution in [0.25, 0.3) is 0 Å². The van der Waals surface area contributed by atoms with Crippen LogP contribution in [0.4, 0.5) is 0 Å². The maximum absolute atomic E-state index is 2.74. The molecule has 6 rings (SSSR count). The van der Waals surface area contributed by atoms with Gasteiger partial charge in [0.25, 0.3) is 0 Å². The lowest BCUT2D eigenvalue weighted by Crippen LogP contribution is -2.40. The number of benzene rings is 2. The Morgan fingerprint density at radius 2 is 0.973 bits per heavy atom. The summed E-state index contributed by atoms with van der Waals surface area (Å²) in [7, 11) is -1.74. The molecule has 37 heavy (non-hydrogen) atoms. The van der Waals surface area contributed by atoms with Crippen molar-refractivity contribution < 1.29 is 0 Å². The van der Waals surface area contributed by atoms with E-state index in [0.717, 1.165) is 0 Å². The molecule has 1 heteroatoms. The van der Waals surface area contributed by atoms with Gasteiger partial charge < -0.3 is 0 Å². The van der Waals surface area contributed by atoms with E-state index in [1.807, 2.05) is 11.1 Å². The lowest BCUT2D eigenvalue weighted by atomic mass is 9.87. The normalized spacial score (nSPS) is 28.3. The van der Waals surface area contributed by atoms with Gasteiger partial charge in [-0.1, -0.05) is 121 Å². The lowest BCUT2D eigenvalue weighted by molar-refractivity contribution is 0.649. The second kappa shape index (κ2) is 10.1. The van der Waals surface area contributed by atoms with Crippen LogP contribution in [0.5, 0.6) is 0 Å². The van der Waals surface area contributed by atoms with E-state index in [0.29, 0.717) is 22.9 Å². The molecule has 2 unspecified atom stereocenters. The van der Waals surface area contributed by atoms with Gasteiger partial charge in [-0.05, 0) is 85.7 Å². The second-order valence-corrected chi connectivity index (χ2v) is 17.6. The maximum Gasteiger partial charge on any atom is 0.0713 e. The van der Waals surface area contributed by atoms with Crippen LogP contribution in [0.2, 0.25) is 24.2 Å². The van der Waals surface area contributed by atoms with E-state index in [1.165, 1.54) is 62.5 Å². The fourth-order valence-corrected chi connectivity index (χ4v) is 14.2. The molecular weight excluding hydrogens is 460 g/mol. The van der Waals surface area contributed by atoms with Crippen LogP contribution >= 0.6 is 0 Å². The predicted octanol–water partition coefficient (Wildman–Crippen LogP) is 10.7. The summed E-state index contributed by atoms with van der Waals surface area (Å²) in [5.41, 5.74) is 14.8. The van der Waals surface area contributed by atoms with E-state index < -0.39 is 8.07 Å². The molecule has 4 aliphatic rings. The minimum Gasteiger partial charge on any atom is -0.0685 e. The highest BCUT2D eigenvalue weighted by atomic mass is 28.3. The Labute approximate surface area is 226 Å². The molecule has 0 radical (unpaired) electrons. The molecule has 0 N–H and O–H groups in total. The van der Waals surface area contributed by atoms with Crippen LogP contribution in [0.1, 0.15) is 88.2 Å². The van der Waals surface area contributed by atoms with Crippen molar-refractivity contribution in [2.45, 2.75) is 101 Å². The van der Waals surface area contributed by atoms with Crippen LogP contribution in [0.3, 0.4) is 0 Å². The standard InChI is InChI=1S/C36H44Si/c1-25-23-33-29(27-15-7-5-8-16-27)19-11-13-21-31(33)35(25)37(3,4)36-26(2)24-34-30(20-12-14-22-32(34)36)28-17-9-6-10-18-28/h5-10,15-18,23-24,29-30,35-36H,11-14,19-22H2,1-4H3/t29-,30-,35?,36?/m0/s1. The molecule has 0 spiro atoms. The first-order valence-electron chi connectivity index (χ1n) is 14.9. The molecule has 0 aliphatic heterocycles. The van der Waals surface area contributed by atoms with Gasteiger partial charge in [0.2, 0.25) is 0 Å². The van der Waals surface area contributed by atoms with Crippen LogP contribution in [0.15, 0.2) is 106 Å². The van der Waals surface area contributed by atoms with Gasteiger partial charge in [-0.15, -0.1) is 0 Å². The van der Waals surface area contributed by atoms with Gasteiger partial charge in [-0.2, -0.15) is 0 Å². The maximum atomic E-state index is 2.74.